The highest BCUT2D eigenvalue weighted by Crippen LogP contribution is 2.72. The van der Waals surface area contributed by atoms with Gasteiger partial charge in [-0.25, -0.2) is 4.79 Å². The van der Waals surface area contributed by atoms with E-state index in [1.165, 1.54) is 21.0 Å². The molecule has 2 saturated carbocycles. The van der Waals surface area contributed by atoms with E-state index in [2.05, 4.69) is 0 Å². The zero-order valence-corrected chi connectivity index (χ0v) is 32.2. The number of esters is 5. The number of allylic oxidation sites excluding steroid dienone is 2. The van der Waals surface area contributed by atoms with Crippen molar-refractivity contribution in [1.82, 2.24) is 0 Å². The summed E-state index contributed by atoms with van der Waals surface area (Å²) in [6, 6.07) is 1.87. The second kappa shape index (κ2) is 14.5. The van der Waals surface area contributed by atoms with Crippen molar-refractivity contribution in [2.75, 3.05) is 13.7 Å². The molecule has 2 unspecified atom stereocenters. The Morgan fingerprint density at radius 2 is 1.63 bits per heavy atom. The van der Waals surface area contributed by atoms with Crippen LogP contribution in [0.5, 0.6) is 0 Å². The number of furan rings is 1. The van der Waals surface area contributed by atoms with Crippen molar-refractivity contribution >= 4 is 29.8 Å². The minimum absolute atomic E-state index is 0.134. The Bertz CT molecular complexity index is 1640. The Kier molecular flexibility index (Phi) is 10.9. The van der Waals surface area contributed by atoms with Crippen molar-refractivity contribution in [2.45, 2.75) is 125 Å². The van der Waals surface area contributed by atoms with Gasteiger partial charge in [0.2, 0.25) is 0 Å². The minimum Gasteiger partial charge on any atom is -0.472 e. The molecule has 0 N–H and O–H groups in total. The Labute approximate surface area is 305 Å². The largest absolute Gasteiger partial charge is 0.472 e. The molecule has 1 saturated heterocycles. The molecule has 3 aliphatic carbocycles. The van der Waals surface area contributed by atoms with Crippen LogP contribution < -0.4 is 0 Å². The first-order valence-corrected chi connectivity index (χ1v) is 18.2. The molecule has 3 fully saturated rings. The van der Waals surface area contributed by atoms with Gasteiger partial charge in [0.1, 0.15) is 24.4 Å². The smallest absolute Gasteiger partial charge is 0.333 e. The van der Waals surface area contributed by atoms with Crippen LogP contribution in [-0.2, 0) is 52.4 Å². The van der Waals surface area contributed by atoms with Gasteiger partial charge in [-0.15, -0.1) is 0 Å². The number of carbonyl (C=O) groups excluding carboxylic acids is 5. The zero-order valence-electron chi connectivity index (χ0n) is 32.2. The fourth-order valence-corrected chi connectivity index (χ4v) is 10.3. The second-order valence-electron chi connectivity index (χ2n) is 16.0. The predicted octanol–water partition coefficient (Wildman–Crippen LogP) is 6.02. The first-order valence-electron chi connectivity index (χ1n) is 18.2. The van der Waals surface area contributed by atoms with E-state index in [1.54, 1.807) is 46.3 Å². The molecular weight excluding hydrogens is 672 g/mol. The second-order valence-corrected chi connectivity index (χ2v) is 16.0. The fourth-order valence-electron chi connectivity index (χ4n) is 10.3. The Hall–Kier alpha value is -3.93. The molecule has 0 aromatic carbocycles. The summed E-state index contributed by atoms with van der Waals surface area (Å²) in [6.45, 7) is 17.6. The highest BCUT2D eigenvalue weighted by atomic mass is 16.6. The Morgan fingerprint density at radius 3 is 2.19 bits per heavy atom. The average molecular weight is 727 g/mol. The zero-order chi connectivity index (χ0) is 38.5. The quantitative estimate of drug-likeness (QED) is 0.120. The summed E-state index contributed by atoms with van der Waals surface area (Å²) in [7, 11) is 1.31. The molecule has 4 aliphatic rings. The topological polar surface area (TPSA) is 154 Å². The molecule has 0 spiro atoms. The molecule has 11 atom stereocenters. The molecule has 12 nitrogen and oxygen atoms in total. The molecule has 1 aliphatic heterocycles. The van der Waals surface area contributed by atoms with Crippen LogP contribution in [0.4, 0.5) is 0 Å². The van der Waals surface area contributed by atoms with Crippen LogP contribution in [0.3, 0.4) is 0 Å². The monoisotopic (exact) mass is 726 g/mol. The van der Waals surface area contributed by atoms with Crippen molar-refractivity contribution in [3.8, 4) is 0 Å². The van der Waals surface area contributed by atoms with E-state index in [9.17, 15) is 24.0 Å². The number of hydrogen-bond acceptors (Lipinski definition) is 12. The van der Waals surface area contributed by atoms with E-state index in [1.807, 2.05) is 33.8 Å². The molecule has 0 radical (unpaired) electrons. The summed E-state index contributed by atoms with van der Waals surface area (Å²) in [5.74, 6) is -4.55. The summed E-state index contributed by atoms with van der Waals surface area (Å²) >= 11 is 0. The predicted molar refractivity (Wildman–Crippen MR) is 186 cm³/mol. The number of ether oxygens (including phenoxy) is 6. The van der Waals surface area contributed by atoms with Gasteiger partial charge in [0.25, 0.3) is 0 Å². The van der Waals surface area contributed by atoms with Crippen molar-refractivity contribution in [3.05, 3.63) is 47.0 Å². The van der Waals surface area contributed by atoms with Gasteiger partial charge < -0.3 is 32.8 Å². The third kappa shape index (κ3) is 6.38. The summed E-state index contributed by atoms with van der Waals surface area (Å²) in [6.07, 6.45) is 1.08. The van der Waals surface area contributed by atoms with Crippen LogP contribution in [0, 0.1) is 34.0 Å². The summed E-state index contributed by atoms with van der Waals surface area (Å²) in [5, 5.41) is 0. The van der Waals surface area contributed by atoms with Gasteiger partial charge >= 0.3 is 29.8 Å². The molecule has 12 heteroatoms. The van der Waals surface area contributed by atoms with E-state index in [0.717, 1.165) is 11.1 Å². The van der Waals surface area contributed by atoms with E-state index in [-0.39, 0.29) is 25.4 Å². The molecular formula is C40H54O12. The van der Waals surface area contributed by atoms with Crippen molar-refractivity contribution in [3.63, 3.8) is 0 Å². The van der Waals surface area contributed by atoms with Crippen LogP contribution in [0.25, 0.3) is 0 Å². The lowest BCUT2D eigenvalue weighted by Crippen LogP contribution is -2.72. The molecule has 1 aromatic heterocycles. The van der Waals surface area contributed by atoms with Gasteiger partial charge in [0.15, 0.2) is 0 Å². The maximum atomic E-state index is 13.8. The molecule has 2 heterocycles. The molecule has 286 valence electrons. The van der Waals surface area contributed by atoms with Gasteiger partial charge in [0.05, 0.1) is 38.3 Å². The van der Waals surface area contributed by atoms with Gasteiger partial charge in [-0.2, -0.15) is 0 Å². The Morgan fingerprint density at radius 1 is 0.962 bits per heavy atom. The average Bonchev–Trinajstić information content (AvgIpc) is 3.81. The summed E-state index contributed by atoms with van der Waals surface area (Å²) < 4.78 is 42.7. The van der Waals surface area contributed by atoms with Crippen LogP contribution >= 0.6 is 0 Å². The van der Waals surface area contributed by atoms with E-state index in [4.69, 9.17) is 32.8 Å². The van der Waals surface area contributed by atoms with Crippen LogP contribution in [0.1, 0.15) is 100.0 Å². The number of rotatable bonds is 10. The maximum Gasteiger partial charge on any atom is 0.333 e. The van der Waals surface area contributed by atoms with Gasteiger partial charge in [-0.3, -0.25) is 19.2 Å². The maximum absolute atomic E-state index is 13.8. The third-order valence-electron chi connectivity index (χ3n) is 12.7. The van der Waals surface area contributed by atoms with Gasteiger partial charge in [-0.1, -0.05) is 46.3 Å². The lowest BCUT2D eigenvalue weighted by atomic mass is 9.39. The van der Waals surface area contributed by atoms with Crippen molar-refractivity contribution in [2.24, 2.45) is 34.0 Å². The van der Waals surface area contributed by atoms with Crippen LogP contribution in [-0.4, -0.2) is 74.1 Å². The molecule has 52 heavy (non-hydrogen) atoms. The van der Waals surface area contributed by atoms with Gasteiger partial charge in [0, 0.05) is 60.3 Å². The van der Waals surface area contributed by atoms with Crippen LogP contribution in [0.2, 0.25) is 0 Å². The number of carbonyl (C=O) groups is 5. The minimum atomic E-state index is -1.25. The van der Waals surface area contributed by atoms with Gasteiger partial charge in [-0.05, 0) is 50.3 Å². The lowest BCUT2D eigenvalue weighted by molar-refractivity contribution is -0.261. The van der Waals surface area contributed by atoms with Crippen LogP contribution in [0.15, 0.2) is 45.8 Å². The lowest BCUT2D eigenvalue weighted by Gasteiger charge is -2.66. The molecule has 5 rings (SSSR count). The number of methoxy groups -OCH3 is 1. The first-order chi connectivity index (χ1) is 24.4. The number of hydrogen-bond donors (Lipinski definition) is 0. The van der Waals surface area contributed by atoms with Crippen molar-refractivity contribution < 1.29 is 56.8 Å². The first kappa shape index (κ1) is 39.3. The molecule has 0 amide bonds. The fraction of sp³-hybridized carbons (Fsp3) is 0.675. The van der Waals surface area contributed by atoms with E-state index >= 15 is 0 Å². The summed E-state index contributed by atoms with van der Waals surface area (Å²) in [4.78, 5) is 66.5. The highest BCUT2D eigenvalue weighted by molar-refractivity contribution is 5.87. The van der Waals surface area contributed by atoms with E-state index in [0.29, 0.717) is 17.6 Å². The highest BCUT2D eigenvalue weighted by Gasteiger charge is 2.77. The van der Waals surface area contributed by atoms with Crippen molar-refractivity contribution in [1.29, 1.82) is 0 Å². The SMILES string of the molecule is C/C=C(\C)C(=O)O[C@H]1C[C@@H](OC(C)=O)[C@@]2(C)COC3C2[C@@]1(C)[C@@H](CC(=O)OC)[C@](C)(C1=C(C)[C@H](c2ccoc2)C[C@@H]1OC(C)=O)[C@@H]3OC(=O)C(C)C. The Balaban J connectivity index is 1.85. The normalized spacial score (nSPS) is 37.0. The third-order valence-corrected chi connectivity index (χ3v) is 12.7. The molecule has 1 aromatic rings. The van der Waals surface area contributed by atoms with E-state index < -0.39 is 94.4 Å². The standard InChI is InChI=1S/C40H54O12/c1-12-21(4)37(45)51-30-17-29(50-24(7)42)38(8)19-48-33-34(38)39(30,9)28(16-31(43)46-11)40(10,35(33)52-36(44)20(2)3)32-22(5)26(25-13-14-47-18-25)15-27(32)49-23(6)41/h12-14,18,20,26-30,33-35H,15-17,19H2,1-11H3/b21-12+/t26-,27+,28-,29-,30+,33?,34?,35-,38-,39+,40-/m1/s1. The summed E-state index contributed by atoms with van der Waals surface area (Å²) in [5.41, 5.74) is -0.301. The molecule has 0 bridgehead atoms.